The number of hydrogen-bond acceptors (Lipinski definition) is 3. The van der Waals surface area contributed by atoms with E-state index < -0.39 is 0 Å². The largest absolute Gasteiger partial charge is 0.375 e. The molecule has 0 spiro atoms. The van der Waals surface area contributed by atoms with Crippen LogP contribution in [0.1, 0.15) is 37.4 Å². The van der Waals surface area contributed by atoms with E-state index in [1.54, 1.807) is 0 Å². The fourth-order valence-electron chi connectivity index (χ4n) is 1.67. The molecule has 0 saturated heterocycles. The highest BCUT2D eigenvalue weighted by Crippen LogP contribution is 2.28. The van der Waals surface area contributed by atoms with Crippen LogP contribution in [0.5, 0.6) is 0 Å². The number of aromatic nitrogens is 1. The number of nitrogens with one attached hydrogen (secondary N) is 1. The maximum absolute atomic E-state index is 5.60. The van der Waals surface area contributed by atoms with Crippen LogP contribution in [0.4, 0.5) is 0 Å². The van der Waals surface area contributed by atoms with Crippen molar-refractivity contribution in [1.82, 2.24) is 10.3 Å². The predicted molar refractivity (Wildman–Crippen MR) is 68.6 cm³/mol. The monoisotopic (exact) mass is 234 g/mol. The summed E-state index contributed by atoms with van der Waals surface area (Å²) in [5.74, 6) is 0.826. The molecule has 0 aliphatic heterocycles. The van der Waals surface area contributed by atoms with Crippen molar-refractivity contribution in [2.45, 2.75) is 39.3 Å². The van der Waals surface area contributed by atoms with Crippen LogP contribution in [-0.4, -0.2) is 18.1 Å². The van der Waals surface area contributed by atoms with E-state index in [0.29, 0.717) is 6.61 Å². The van der Waals surface area contributed by atoms with E-state index in [-0.39, 0.29) is 0 Å². The first-order chi connectivity index (χ1) is 8.38. The Morgan fingerprint density at radius 2 is 2.29 bits per heavy atom. The molecule has 3 nitrogen and oxygen atoms in total. The first-order valence-electron chi connectivity index (χ1n) is 6.60. The second-order valence-electron chi connectivity index (χ2n) is 4.79. The van der Waals surface area contributed by atoms with E-state index in [0.717, 1.165) is 31.3 Å². The zero-order valence-electron chi connectivity index (χ0n) is 10.6. The summed E-state index contributed by atoms with van der Waals surface area (Å²) in [5.41, 5.74) is 2.27. The molecule has 0 unspecified atom stereocenters. The van der Waals surface area contributed by atoms with Crippen LogP contribution < -0.4 is 5.32 Å². The molecule has 1 N–H and O–H groups in total. The van der Waals surface area contributed by atoms with Crippen LogP contribution in [-0.2, 0) is 17.9 Å². The van der Waals surface area contributed by atoms with Crippen LogP contribution in [0.15, 0.2) is 18.3 Å². The van der Waals surface area contributed by atoms with Gasteiger partial charge in [0.2, 0.25) is 0 Å². The van der Waals surface area contributed by atoms with Gasteiger partial charge in [-0.1, -0.05) is 13.0 Å². The highest BCUT2D eigenvalue weighted by molar-refractivity contribution is 5.13. The third-order valence-corrected chi connectivity index (χ3v) is 2.94. The van der Waals surface area contributed by atoms with Crippen LogP contribution >= 0.6 is 0 Å². The Labute approximate surface area is 104 Å². The minimum absolute atomic E-state index is 0.652. The molecule has 1 aliphatic rings. The third kappa shape index (κ3) is 4.84. The van der Waals surface area contributed by atoms with E-state index in [1.807, 2.05) is 6.20 Å². The van der Waals surface area contributed by atoms with Crippen LogP contribution in [0, 0.1) is 5.92 Å². The van der Waals surface area contributed by atoms with Gasteiger partial charge in [-0.2, -0.15) is 0 Å². The Balaban J connectivity index is 1.68. The van der Waals surface area contributed by atoms with Gasteiger partial charge in [0.15, 0.2) is 0 Å². The maximum Gasteiger partial charge on any atom is 0.0887 e. The summed E-state index contributed by atoms with van der Waals surface area (Å²) in [5, 5.41) is 3.37. The lowest BCUT2D eigenvalue weighted by Crippen LogP contribution is -2.14. The van der Waals surface area contributed by atoms with Gasteiger partial charge in [0.05, 0.1) is 12.3 Å². The van der Waals surface area contributed by atoms with Gasteiger partial charge in [-0.05, 0) is 43.4 Å². The summed E-state index contributed by atoms with van der Waals surface area (Å²) in [6.45, 7) is 5.70. The Hall–Kier alpha value is -0.930. The van der Waals surface area contributed by atoms with Gasteiger partial charge in [-0.25, -0.2) is 0 Å². The Bertz CT molecular complexity index is 319. The molecule has 94 valence electrons. The molecule has 0 amide bonds. The lowest BCUT2D eigenvalue weighted by atomic mass is 10.2. The Morgan fingerprint density at radius 1 is 1.41 bits per heavy atom. The normalized spacial score (nSPS) is 15.1. The average molecular weight is 234 g/mol. The van der Waals surface area contributed by atoms with Crippen LogP contribution in [0.3, 0.4) is 0 Å². The van der Waals surface area contributed by atoms with Crippen LogP contribution in [0.2, 0.25) is 0 Å². The molecule has 0 bridgehead atoms. The molecule has 3 heteroatoms. The number of ether oxygens (including phenoxy) is 1. The molecule has 1 saturated carbocycles. The van der Waals surface area contributed by atoms with E-state index in [1.165, 1.54) is 24.8 Å². The fourth-order valence-corrected chi connectivity index (χ4v) is 1.67. The number of hydrogen-bond donors (Lipinski definition) is 1. The van der Waals surface area contributed by atoms with Crippen molar-refractivity contribution in [2.24, 2.45) is 5.92 Å². The molecule has 0 aromatic carbocycles. The van der Waals surface area contributed by atoms with Crippen molar-refractivity contribution in [3.05, 3.63) is 29.6 Å². The molecule has 1 heterocycles. The van der Waals surface area contributed by atoms with E-state index in [4.69, 9.17) is 4.74 Å². The van der Waals surface area contributed by atoms with Gasteiger partial charge in [-0.15, -0.1) is 0 Å². The fraction of sp³-hybridized carbons (Fsp3) is 0.643. The van der Waals surface area contributed by atoms with Gasteiger partial charge in [0.25, 0.3) is 0 Å². The molecule has 0 radical (unpaired) electrons. The van der Waals surface area contributed by atoms with E-state index in [9.17, 15) is 0 Å². The molecule has 1 aromatic rings. The zero-order chi connectivity index (χ0) is 11.9. The molecule has 1 fully saturated rings. The van der Waals surface area contributed by atoms with Gasteiger partial charge in [0.1, 0.15) is 0 Å². The predicted octanol–water partition coefficient (Wildman–Crippen LogP) is 2.51. The summed E-state index contributed by atoms with van der Waals surface area (Å²) in [4.78, 5) is 4.41. The summed E-state index contributed by atoms with van der Waals surface area (Å²) in [6.07, 6.45) is 5.80. The van der Waals surface area contributed by atoms with Crippen molar-refractivity contribution in [3.63, 3.8) is 0 Å². The molecule has 17 heavy (non-hydrogen) atoms. The molecule has 1 aliphatic carbocycles. The van der Waals surface area contributed by atoms with Crippen molar-refractivity contribution in [1.29, 1.82) is 0 Å². The molecular weight excluding hydrogens is 212 g/mol. The minimum Gasteiger partial charge on any atom is -0.375 e. The lowest BCUT2D eigenvalue weighted by Gasteiger charge is -2.05. The van der Waals surface area contributed by atoms with E-state index >= 15 is 0 Å². The molecule has 1 aromatic heterocycles. The minimum atomic E-state index is 0.652. The second-order valence-corrected chi connectivity index (χ2v) is 4.79. The SMILES string of the molecule is CCCNCc1ccc(COCC2CC2)nc1. The van der Waals surface area contributed by atoms with Crippen molar-refractivity contribution in [2.75, 3.05) is 13.2 Å². The summed E-state index contributed by atoms with van der Waals surface area (Å²) >= 11 is 0. The summed E-state index contributed by atoms with van der Waals surface area (Å²) < 4.78 is 5.60. The number of rotatable bonds is 8. The van der Waals surface area contributed by atoms with Crippen molar-refractivity contribution in [3.8, 4) is 0 Å². The second kappa shape index (κ2) is 6.72. The average Bonchev–Trinajstić information content (AvgIpc) is 3.16. The standard InChI is InChI=1S/C14H22N2O/c1-2-7-15-8-13-5-6-14(16-9-13)11-17-10-12-3-4-12/h5-6,9,12,15H,2-4,7-8,10-11H2,1H3. The lowest BCUT2D eigenvalue weighted by molar-refractivity contribution is 0.109. The Morgan fingerprint density at radius 3 is 2.94 bits per heavy atom. The van der Waals surface area contributed by atoms with Gasteiger partial charge in [0, 0.05) is 19.3 Å². The van der Waals surface area contributed by atoms with Crippen molar-refractivity contribution < 1.29 is 4.74 Å². The molecule has 0 atom stereocenters. The third-order valence-electron chi connectivity index (χ3n) is 2.94. The first kappa shape index (κ1) is 12.5. The summed E-state index contributed by atoms with van der Waals surface area (Å²) in [7, 11) is 0. The molecule has 2 rings (SSSR count). The quantitative estimate of drug-likeness (QED) is 0.702. The highest BCUT2D eigenvalue weighted by Gasteiger charge is 2.20. The van der Waals surface area contributed by atoms with Gasteiger partial charge >= 0.3 is 0 Å². The number of nitrogens with zero attached hydrogens (tertiary/aromatic N) is 1. The van der Waals surface area contributed by atoms with Gasteiger partial charge in [-0.3, -0.25) is 4.98 Å². The Kier molecular flexibility index (Phi) is 4.95. The zero-order valence-corrected chi connectivity index (χ0v) is 10.6. The molecular formula is C14H22N2O. The van der Waals surface area contributed by atoms with Crippen LogP contribution in [0.25, 0.3) is 0 Å². The highest BCUT2D eigenvalue weighted by atomic mass is 16.5. The number of pyridine rings is 1. The van der Waals surface area contributed by atoms with E-state index in [2.05, 4.69) is 29.4 Å². The van der Waals surface area contributed by atoms with Gasteiger partial charge < -0.3 is 10.1 Å². The van der Waals surface area contributed by atoms with Crippen molar-refractivity contribution >= 4 is 0 Å². The topological polar surface area (TPSA) is 34.1 Å². The summed E-state index contributed by atoms with van der Waals surface area (Å²) in [6, 6.07) is 4.20. The maximum atomic E-state index is 5.60. The smallest absolute Gasteiger partial charge is 0.0887 e. The first-order valence-corrected chi connectivity index (χ1v) is 6.60.